The lowest BCUT2D eigenvalue weighted by molar-refractivity contribution is 0.0514. The molecule has 0 aliphatic carbocycles. The van der Waals surface area contributed by atoms with Gasteiger partial charge in [-0.05, 0) is 39.3 Å². The standard InChI is InChI=1S/C20H27N5O3/c1-13(2)22-19(26)25-7-6-20(11-25)12-27-10-16-14(3)23-18(24-17(16)20)21-9-15-5-4-8-28-15/h4-5,8,13H,6-7,9-12H2,1-3H3,(H,22,26)(H,21,23,24). The Morgan fingerprint density at radius 2 is 2.25 bits per heavy atom. The molecule has 8 heteroatoms. The van der Waals surface area contributed by atoms with Crippen LogP contribution in [0.2, 0.25) is 0 Å². The number of urea groups is 1. The summed E-state index contributed by atoms with van der Waals surface area (Å²) in [5.74, 6) is 1.41. The van der Waals surface area contributed by atoms with Crippen LogP contribution in [0.1, 0.15) is 43.0 Å². The van der Waals surface area contributed by atoms with Crippen molar-refractivity contribution in [3.8, 4) is 0 Å². The van der Waals surface area contributed by atoms with Gasteiger partial charge in [-0.15, -0.1) is 0 Å². The van der Waals surface area contributed by atoms with E-state index in [1.807, 2.05) is 37.8 Å². The number of hydrogen-bond donors (Lipinski definition) is 2. The molecule has 1 fully saturated rings. The molecule has 2 N–H and O–H groups in total. The molecule has 28 heavy (non-hydrogen) atoms. The summed E-state index contributed by atoms with van der Waals surface area (Å²) in [6.45, 7) is 8.83. The molecule has 2 amide bonds. The Morgan fingerprint density at radius 1 is 1.39 bits per heavy atom. The monoisotopic (exact) mass is 385 g/mol. The largest absolute Gasteiger partial charge is 0.467 e. The van der Waals surface area contributed by atoms with E-state index in [4.69, 9.17) is 14.1 Å². The molecular formula is C20H27N5O3. The minimum atomic E-state index is -0.281. The summed E-state index contributed by atoms with van der Waals surface area (Å²) in [5.41, 5.74) is 2.68. The molecule has 150 valence electrons. The van der Waals surface area contributed by atoms with Gasteiger partial charge in [-0.25, -0.2) is 14.8 Å². The van der Waals surface area contributed by atoms with Gasteiger partial charge in [0.25, 0.3) is 0 Å². The molecule has 0 bridgehead atoms. The van der Waals surface area contributed by atoms with Gasteiger partial charge in [0, 0.05) is 30.4 Å². The number of furan rings is 1. The second-order valence-corrected chi connectivity index (χ2v) is 7.94. The van der Waals surface area contributed by atoms with Gasteiger partial charge < -0.3 is 24.7 Å². The van der Waals surface area contributed by atoms with Crippen LogP contribution in [0, 0.1) is 6.92 Å². The Bertz CT molecular complexity index is 852. The molecule has 0 aromatic carbocycles. The van der Waals surface area contributed by atoms with Crippen molar-refractivity contribution in [3.05, 3.63) is 41.1 Å². The van der Waals surface area contributed by atoms with Gasteiger partial charge in [0.05, 0.1) is 37.1 Å². The maximum Gasteiger partial charge on any atom is 0.317 e. The third-order valence-corrected chi connectivity index (χ3v) is 5.39. The number of ether oxygens (including phenoxy) is 1. The number of nitrogens with one attached hydrogen (secondary N) is 2. The van der Waals surface area contributed by atoms with Crippen molar-refractivity contribution in [2.75, 3.05) is 25.0 Å². The Labute approximate surface area is 164 Å². The second-order valence-electron chi connectivity index (χ2n) is 7.94. The zero-order chi connectivity index (χ0) is 19.7. The quantitative estimate of drug-likeness (QED) is 0.840. The van der Waals surface area contributed by atoms with Crippen LogP contribution in [0.25, 0.3) is 0 Å². The number of nitrogens with zero attached hydrogens (tertiary/aromatic N) is 3. The molecule has 0 radical (unpaired) electrons. The minimum Gasteiger partial charge on any atom is -0.467 e. The molecule has 1 saturated heterocycles. The fourth-order valence-corrected chi connectivity index (χ4v) is 3.98. The van der Waals surface area contributed by atoms with Gasteiger partial charge in [-0.2, -0.15) is 0 Å². The fraction of sp³-hybridized carbons (Fsp3) is 0.550. The summed E-state index contributed by atoms with van der Waals surface area (Å²) in [7, 11) is 0. The third-order valence-electron chi connectivity index (χ3n) is 5.39. The van der Waals surface area contributed by atoms with Crippen LogP contribution in [0.5, 0.6) is 0 Å². The van der Waals surface area contributed by atoms with Crippen molar-refractivity contribution in [2.45, 2.75) is 51.8 Å². The van der Waals surface area contributed by atoms with Crippen molar-refractivity contribution in [2.24, 2.45) is 0 Å². The van der Waals surface area contributed by atoms with Crippen molar-refractivity contribution in [3.63, 3.8) is 0 Å². The SMILES string of the molecule is Cc1nc(NCc2ccco2)nc2c1COCC21CCN(C(=O)NC(C)C)C1. The maximum atomic E-state index is 12.5. The molecule has 8 nitrogen and oxygen atoms in total. The third kappa shape index (κ3) is 3.56. The Morgan fingerprint density at radius 3 is 3.00 bits per heavy atom. The average Bonchev–Trinajstić information content (AvgIpc) is 3.31. The molecule has 1 unspecified atom stereocenters. The zero-order valence-electron chi connectivity index (χ0n) is 16.6. The number of hydrogen-bond acceptors (Lipinski definition) is 6. The van der Waals surface area contributed by atoms with Crippen LogP contribution in [-0.4, -0.2) is 46.6 Å². The highest BCUT2D eigenvalue weighted by Crippen LogP contribution is 2.40. The Hall–Kier alpha value is -2.61. The molecular weight excluding hydrogens is 358 g/mol. The first-order chi connectivity index (χ1) is 13.5. The highest BCUT2D eigenvalue weighted by atomic mass is 16.5. The van der Waals surface area contributed by atoms with E-state index in [1.165, 1.54) is 0 Å². The first kappa shape index (κ1) is 18.7. The second kappa shape index (κ2) is 7.43. The molecule has 2 aromatic heterocycles. The lowest BCUT2D eigenvalue weighted by atomic mass is 9.80. The van der Waals surface area contributed by atoms with Crippen molar-refractivity contribution in [1.29, 1.82) is 0 Å². The van der Waals surface area contributed by atoms with Crippen LogP contribution >= 0.6 is 0 Å². The predicted octanol–water partition coefficient (Wildman–Crippen LogP) is 2.58. The minimum absolute atomic E-state index is 0.0269. The van der Waals surface area contributed by atoms with E-state index in [1.54, 1.807) is 6.26 Å². The number of fused-ring (bicyclic) bond motifs is 2. The number of anilines is 1. The Balaban J connectivity index is 1.58. The van der Waals surface area contributed by atoms with Crippen molar-refractivity contribution in [1.82, 2.24) is 20.2 Å². The first-order valence-electron chi connectivity index (χ1n) is 9.74. The van der Waals surface area contributed by atoms with Gasteiger partial charge in [0.15, 0.2) is 0 Å². The number of carbonyl (C=O) groups excluding carboxylic acids is 1. The summed E-state index contributed by atoms with van der Waals surface area (Å²) < 4.78 is 11.3. The number of rotatable bonds is 4. The van der Waals surface area contributed by atoms with E-state index in [0.29, 0.717) is 38.8 Å². The van der Waals surface area contributed by atoms with Gasteiger partial charge in [-0.3, -0.25) is 0 Å². The topological polar surface area (TPSA) is 92.5 Å². The molecule has 0 saturated carbocycles. The molecule has 1 atom stereocenters. The summed E-state index contributed by atoms with van der Waals surface area (Å²) in [5, 5.41) is 6.23. The molecule has 2 aromatic rings. The van der Waals surface area contributed by atoms with Crippen LogP contribution in [0.4, 0.5) is 10.7 Å². The van der Waals surface area contributed by atoms with E-state index in [-0.39, 0.29) is 17.5 Å². The highest BCUT2D eigenvalue weighted by molar-refractivity contribution is 5.75. The number of aryl methyl sites for hydroxylation is 1. The summed E-state index contributed by atoms with van der Waals surface area (Å²) in [6.07, 6.45) is 2.48. The summed E-state index contributed by atoms with van der Waals surface area (Å²) in [4.78, 5) is 23.8. The van der Waals surface area contributed by atoms with Gasteiger partial charge >= 0.3 is 6.03 Å². The van der Waals surface area contributed by atoms with Crippen molar-refractivity contribution < 1.29 is 13.9 Å². The zero-order valence-corrected chi connectivity index (χ0v) is 16.6. The summed E-state index contributed by atoms with van der Waals surface area (Å²) >= 11 is 0. The van der Waals surface area contributed by atoms with Crippen LogP contribution < -0.4 is 10.6 Å². The molecule has 4 heterocycles. The lowest BCUT2D eigenvalue weighted by Gasteiger charge is -2.35. The first-order valence-corrected chi connectivity index (χ1v) is 9.74. The van der Waals surface area contributed by atoms with Crippen LogP contribution in [0.3, 0.4) is 0 Å². The molecule has 2 aliphatic heterocycles. The van der Waals surface area contributed by atoms with E-state index < -0.39 is 0 Å². The lowest BCUT2D eigenvalue weighted by Crippen LogP contribution is -2.46. The maximum absolute atomic E-state index is 12.5. The number of carbonyl (C=O) groups is 1. The molecule has 2 aliphatic rings. The van der Waals surface area contributed by atoms with E-state index in [9.17, 15) is 4.79 Å². The highest BCUT2D eigenvalue weighted by Gasteiger charge is 2.46. The van der Waals surface area contributed by atoms with Gasteiger partial charge in [0.1, 0.15) is 5.76 Å². The number of amides is 2. The predicted molar refractivity (Wildman–Crippen MR) is 104 cm³/mol. The van der Waals surface area contributed by atoms with Gasteiger partial charge in [-0.1, -0.05) is 0 Å². The fourth-order valence-electron chi connectivity index (χ4n) is 3.98. The molecule has 4 rings (SSSR count). The summed E-state index contributed by atoms with van der Waals surface area (Å²) in [6, 6.07) is 3.86. The van der Waals surface area contributed by atoms with E-state index in [0.717, 1.165) is 29.1 Å². The number of likely N-dealkylation sites (tertiary alicyclic amines) is 1. The van der Waals surface area contributed by atoms with Crippen molar-refractivity contribution >= 4 is 12.0 Å². The number of aromatic nitrogens is 2. The van der Waals surface area contributed by atoms with Gasteiger partial charge in [0.2, 0.25) is 5.95 Å². The van der Waals surface area contributed by atoms with Crippen LogP contribution in [-0.2, 0) is 23.3 Å². The average molecular weight is 385 g/mol. The van der Waals surface area contributed by atoms with Crippen LogP contribution in [0.15, 0.2) is 22.8 Å². The molecule has 1 spiro atoms. The normalized spacial score (nSPS) is 21.2. The smallest absolute Gasteiger partial charge is 0.317 e. The van der Waals surface area contributed by atoms with E-state index in [2.05, 4.69) is 15.6 Å². The van der Waals surface area contributed by atoms with E-state index >= 15 is 0 Å². The Kier molecular flexibility index (Phi) is 4.97.